The summed E-state index contributed by atoms with van der Waals surface area (Å²) in [6, 6.07) is 12.5. The van der Waals surface area contributed by atoms with Gasteiger partial charge in [0.1, 0.15) is 11.4 Å². The number of carbonyl (C=O) groups is 1. The number of carboxylic acid groups (broad SMARTS) is 1. The highest BCUT2D eigenvalue weighted by molar-refractivity contribution is 5.89. The van der Waals surface area contributed by atoms with E-state index in [4.69, 9.17) is 9.84 Å². The van der Waals surface area contributed by atoms with E-state index in [-0.39, 0.29) is 5.56 Å². The molecular weight excluding hydrogens is 256 g/mol. The number of hydrogen-bond acceptors (Lipinski definition) is 3. The van der Waals surface area contributed by atoms with E-state index in [1.807, 2.05) is 24.3 Å². The highest BCUT2D eigenvalue weighted by Crippen LogP contribution is 2.27. The molecule has 2 aromatic carbocycles. The SMILES string of the molecule is COc1cc(C(=O)O)ccc1-n1ncc2ccccc21. The second kappa shape index (κ2) is 4.70. The number of hydrogen-bond donors (Lipinski definition) is 1. The Labute approximate surface area is 115 Å². The van der Waals surface area contributed by atoms with E-state index in [9.17, 15) is 4.79 Å². The van der Waals surface area contributed by atoms with Gasteiger partial charge in [0.05, 0.1) is 24.4 Å². The van der Waals surface area contributed by atoms with E-state index < -0.39 is 5.97 Å². The Balaban J connectivity index is 2.21. The molecule has 0 aliphatic heterocycles. The van der Waals surface area contributed by atoms with Crippen LogP contribution in [-0.4, -0.2) is 28.0 Å². The summed E-state index contributed by atoms with van der Waals surface area (Å²) < 4.78 is 7.02. The first-order valence-corrected chi connectivity index (χ1v) is 6.05. The largest absolute Gasteiger partial charge is 0.494 e. The summed E-state index contributed by atoms with van der Waals surface area (Å²) in [4.78, 5) is 11.0. The van der Waals surface area contributed by atoms with Gasteiger partial charge in [0.15, 0.2) is 0 Å². The van der Waals surface area contributed by atoms with E-state index in [1.165, 1.54) is 19.2 Å². The first-order valence-electron chi connectivity index (χ1n) is 6.05. The normalized spacial score (nSPS) is 10.7. The molecule has 0 aliphatic carbocycles. The molecule has 0 bridgehead atoms. The highest BCUT2D eigenvalue weighted by Gasteiger charge is 2.12. The second-order valence-electron chi connectivity index (χ2n) is 4.31. The van der Waals surface area contributed by atoms with Gasteiger partial charge in [0.25, 0.3) is 0 Å². The van der Waals surface area contributed by atoms with Gasteiger partial charge in [-0.1, -0.05) is 18.2 Å². The molecule has 0 fully saturated rings. The van der Waals surface area contributed by atoms with Gasteiger partial charge in [-0.25, -0.2) is 9.48 Å². The van der Waals surface area contributed by atoms with E-state index in [0.717, 1.165) is 10.9 Å². The number of methoxy groups -OCH3 is 1. The molecule has 0 amide bonds. The van der Waals surface area contributed by atoms with Crippen LogP contribution in [0.25, 0.3) is 16.6 Å². The Morgan fingerprint density at radius 1 is 1.25 bits per heavy atom. The summed E-state index contributed by atoms with van der Waals surface area (Å²) in [5.74, 6) is -0.515. The molecular formula is C15H12N2O3. The fraction of sp³-hybridized carbons (Fsp3) is 0.0667. The van der Waals surface area contributed by atoms with Crippen LogP contribution in [0, 0.1) is 0 Å². The van der Waals surface area contributed by atoms with E-state index in [1.54, 1.807) is 16.9 Å². The highest BCUT2D eigenvalue weighted by atomic mass is 16.5. The van der Waals surface area contributed by atoms with E-state index >= 15 is 0 Å². The predicted octanol–water partition coefficient (Wildman–Crippen LogP) is 2.73. The molecule has 0 unspecified atom stereocenters. The number of aromatic nitrogens is 2. The van der Waals surface area contributed by atoms with Crippen molar-refractivity contribution in [2.75, 3.05) is 7.11 Å². The number of fused-ring (bicyclic) bond motifs is 1. The van der Waals surface area contributed by atoms with Crippen LogP contribution in [0.2, 0.25) is 0 Å². The van der Waals surface area contributed by atoms with Crippen molar-refractivity contribution >= 4 is 16.9 Å². The summed E-state index contributed by atoms with van der Waals surface area (Å²) >= 11 is 0. The van der Waals surface area contributed by atoms with Crippen LogP contribution in [0.15, 0.2) is 48.7 Å². The lowest BCUT2D eigenvalue weighted by Gasteiger charge is -2.10. The molecule has 3 rings (SSSR count). The van der Waals surface area contributed by atoms with Crippen molar-refractivity contribution in [1.29, 1.82) is 0 Å². The van der Waals surface area contributed by atoms with Gasteiger partial charge in [-0.2, -0.15) is 5.10 Å². The summed E-state index contributed by atoms with van der Waals surface area (Å²) in [5, 5.41) is 14.4. The van der Waals surface area contributed by atoms with Crippen molar-refractivity contribution in [1.82, 2.24) is 9.78 Å². The molecule has 1 aromatic heterocycles. The molecule has 100 valence electrons. The van der Waals surface area contributed by atoms with Gasteiger partial charge >= 0.3 is 5.97 Å². The lowest BCUT2D eigenvalue weighted by Crippen LogP contribution is -2.03. The average molecular weight is 268 g/mol. The number of rotatable bonds is 3. The van der Waals surface area contributed by atoms with Crippen LogP contribution in [0.1, 0.15) is 10.4 Å². The summed E-state index contributed by atoms with van der Waals surface area (Å²) in [6.07, 6.45) is 1.76. The Bertz CT molecular complexity index is 793. The first kappa shape index (κ1) is 12.2. The second-order valence-corrected chi connectivity index (χ2v) is 4.31. The number of para-hydroxylation sites is 1. The maximum atomic E-state index is 11.0. The summed E-state index contributed by atoms with van der Waals surface area (Å²) in [5.41, 5.74) is 1.83. The standard InChI is InChI=1S/C15H12N2O3/c1-20-14-8-10(15(18)19)6-7-13(14)17-12-5-3-2-4-11(12)9-16-17/h2-9H,1H3,(H,18,19). The smallest absolute Gasteiger partial charge is 0.335 e. The van der Waals surface area contributed by atoms with E-state index in [2.05, 4.69) is 5.10 Å². The molecule has 5 heteroatoms. The van der Waals surface area contributed by atoms with Crippen molar-refractivity contribution in [3.8, 4) is 11.4 Å². The topological polar surface area (TPSA) is 64.3 Å². The lowest BCUT2D eigenvalue weighted by atomic mass is 10.2. The Kier molecular flexibility index (Phi) is 2.87. The van der Waals surface area contributed by atoms with Crippen LogP contribution in [0.4, 0.5) is 0 Å². The number of benzene rings is 2. The third-order valence-corrected chi connectivity index (χ3v) is 3.13. The minimum atomic E-state index is -0.986. The number of aromatic carboxylic acids is 1. The molecule has 0 saturated heterocycles. The molecule has 1 N–H and O–H groups in total. The van der Waals surface area contributed by atoms with Crippen LogP contribution in [0.3, 0.4) is 0 Å². The van der Waals surface area contributed by atoms with Gasteiger partial charge in [-0.3, -0.25) is 0 Å². The minimum absolute atomic E-state index is 0.182. The monoisotopic (exact) mass is 268 g/mol. The molecule has 0 saturated carbocycles. The summed E-state index contributed by atoms with van der Waals surface area (Å²) in [7, 11) is 1.51. The quantitative estimate of drug-likeness (QED) is 0.793. The van der Waals surface area contributed by atoms with Gasteiger partial charge in [-0.15, -0.1) is 0 Å². The fourth-order valence-electron chi connectivity index (χ4n) is 2.15. The number of carboxylic acids is 1. The number of nitrogens with zero attached hydrogens (tertiary/aromatic N) is 2. The third-order valence-electron chi connectivity index (χ3n) is 3.13. The predicted molar refractivity (Wildman–Crippen MR) is 74.6 cm³/mol. The molecule has 0 spiro atoms. The van der Waals surface area contributed by atoms with Gasteiger partial charge in [0.2, 0.25) is 0 Å². The summed E-state index contributed by atoms with van der Waals surface area (Å²) in [6.45, 7) is 0. The minimum Gasteiger partial charge on any atom is -0.494 e. The zero-order valence-corrected chi connectivity index (χ0v) is 10.8. The van der Waals surface area contributed by atoms with Gasteiger partial charge < -0.3 is 9.84 Å². The molecule has 0 atom stereocenters. The average Bonchev–Trinajstić information content (AvgIpc) is 2.90. The van der Waals surface area contributed by atoms with Crippen molar-refractivity contribution in [2.24, 2.45) is 0 Å². The first-order chi connectivity index (χ1) is 9.70. The van der Waals surface area contributed by atoms with Crippen molar-refractivity contribution in [3.05, 3.63) is 54.2 Å². The van der Waals surface area contributed by atoms with Crippen molar-refractivity contribution < 1.29 is 14.6 Å². The van der Waals surface area contributed by atoms with Crippen LogP contribution in [-0.2, 0) is 0 Å². The fourth-order valence-corrected chi connectivity index (χ4v) is 2.15. The molecule has 1 heterocycles. The molecule has 0 aliphatic rings. The zero-order valence-electron chi connectivity index (χ0n) is 10.8. The maximum absolute atomic E-state index is 11.0. The van der Waals surface area contributed by atoms with E-state index in [0.29, 0.717) is 11.4 Å². The molecule has 3 aromatic rings. The van der Waals surface area contributed by atoms with Crippen molar-refractivity contribution in [3.63, 3.8) is 0 Å². The van der Waals surface area contributed by atoms with Gasteiger partial charge in [0, 0.05) is 5.39 Å². The van der Waals surface area contributed by atoms with Crippen LogP contribution >= 0.6 is 0 Å². The van der Waals surface area contributed by atoms with Crippen LogP contribution in [0.5, 0.6) is 5.75 Å². The van der Waals surface area contributed by atoms with Gasteiger partial charge in [-0.05, 0) is 24.3 Å². The molecule has 0 radical (unpaired) electrons. The Hall–Kier alpha value is -2.82. The van der Waals surface area contributed by atoms with Crippen molar-refractivity contribution in [2.45, 2.75) is 0 Å². The number of ether oxygens (including phenoxy) is 1. The lowest BCUT2D eigenvalue weighted by molar-refractivity contribution is 0.0696. The van der Waals surface area contributed by atoms with Crippen LogP contribution < -0.4 is 4.74 Å². The Morgan fingerprint density at radius 2 is 2.05 bits per heavy atom. The Morgan fingerprint density at radius 3 is 2.80 bits per heavy atom. The maximum Gasteiger partial charge on any atom is 0.335 e. The molecule has 5 nitrogen and oxygen atoms in total. The third kappa shape index (κ3) is 1.89. The molecule has 20 heavy (non-hydrogen) atoms. The zero-order chi connectivity index (χ0) is 14.1.